The molecule has 1 N–H and O–H groups in total. The molecule has 27 heavy (non-hydrogen) atoms. The van der Waals surface area contributed by atoms with Crippen LogP contribution in [0.1, 0.15) is 61.8 Å². The van der Waals surface area contributed by atoms with Gasteiger partial charge in [-0.1, -0.05) is 27.7 Å². The Hall–Kier alpha value is -2.75. The van der Waals surface area contributed by atoms with Gasteiger partial charge in [0, 0.05) is 17.2 Å². The lowest BCUT2D eigenvalue weighted by atomic mass is 9.90. The summed E-state index contributed by atoms with van der Waals surface area (Å²) in [6.45, 7) is 8.62. The Morgan fingerprint density at radius 3 is 2.07 bits per heavy atom. The maximum atomic E-state index is 12.6. The van der Waals surface area contributed by atoms with E-state index < -0.39 is 0 Å². The molecule has 3 rings (SSSR count). The van der Waals surface area contributed by atoms with Gasteiger partial charge in [0.1, 0.15) is 11.5 Å². The summed E-state index contributed by atoms with van der Waals surface area (Å²) in [6, 6.07) is 9.89. The number of hydrogen-bond donors (Lipinski definition) is 1. The first-order valence-electron chi connectivity index (χ1n) is 9.29. The number of benzene rings is 2. The highest BCUT2D eigenvalue weighted by atomic mass is 16.5. The number of methoxy groups -OCH3 is 2. The lowest BCUT2D eigenvalue weighted by molar-refractivity contribution is -0.110. The molecule has 4 heteroatoms. The molecule has 2 aromatic rings. The van der Waals surface area contributed by atoms with Crippen LogP contribution in [0.2, 0.25) is 0 Å². The number of nitrogens with one attached hydrogen (secondary N) is 1. The lowest BCUT2D eigenvalue weighted by Gasteiger charge is -2.19. The van der Waals surface area contributed by atoms with Crippen molar-refractivity contribution in [3.05, 3.63) is 52.6 Å². The second-order valence-corrected chi connectivity index (χ2v) is 7.47. The highest BCUT2D eigenvalue weighted by molar-refractivity contribution is 6.35. The van der Waals surface area contributed by atoms with Gasteiger partial charge in [-0.15, -0.1) is 0 Å². The minimum atomic E-state index is -0.0914. The van der Waals surface area contributed by atoms with E-state index in [4.69, 9.17) is 9.47 Å². The van der Waals surface area contributed by atoms with Gasteiger partial charge in [-0.25, -0.2) is 0 Å². The number of fused-ring (bicyclic) bond motifs is 1. The Kier molecular flexibility index (Phi) is 5.26. The molecule has 1 heterocycles. The zero-order valence-corrected chi connectivity index (χ0v) is 16.8. The first-order chi connectivity index (χ1) is 12.8. The standard InChI is InChI=1S/C23H27NO3/c1-13(2)18-9-15(10-19(14(3)4)22(18)27-6)11-20-17-8-7-16(26-5)12-21(17)24-23(20)25/h7-14H,1-6H3,(H,24,25). The monoisotopic (exact) mass is 365 g/mol. The molecule has 0 aromatic heterocycles. The van der Waals surface area contributed by atoms with Gasteiger partial charge < -0.3 is 14.8 Å². The normalized spacial score (nSPS) is 14.7. The predicted molar refractivity (Wildman–Crippen MR) is 111 cm³/mol. The van der Waals surface area contributed by atoms with Crippen LogP contribution < -0.4 is 14.8 Å². The maximum absolute atomic E-state index is 12.6. The average molecular weight is 365 g/mol. The molecule has 1 aliphatic rings. The van der Waals surface area contributed by atoms with Gasteiger partial charge in [0.25, 0.3) is 5.91 Å². The first kappa shape index (κ1) is 19.0. The third-order valence-electron chi connectivity index (χ3n) is 4.94. The summed E-state index contributed by atoms with van der Waals surface area (Å²) < 4.78 is 11.0. The largest absolute Gasteiger partial charge is 0.497 e. The molecule has 0 fully saturated rings. The molecule has 1 aliphatic heterocycles. The number of carbonyl (C=O) groups excluding carboxylic acids is 1. The van der Waals surface area contributed by atoms with Crippen LogP contribution >= 0.6 is 0 Å². The van der Waals surface area contributed by atoms with Crippen molar-refractivity contribution in [3.8, 4) is 11.5 Å². The van der Waals surface area contributed by atoms with Crippen LogP contribution in [0.25, 0.3) is 11.6 Å². The molecule has 0 bridgehead atoms. The Morgan fingerprint density at radius 2 is 1.56 bits per heavy atom. The highest BCUT2D eigenvalue weighted by Crippen LogP contribution is 2.39. The van der Waals surface area contributed by atoms with Crippen molar-refractivity contribution < 1.29 is 14.3 Å². The van der Waals surface area contributed by atoms with Crippen molar-refractivity contribution in [1.29, 1.82) is 0 Å². The molecule has 1 amide bonds. The second kappa shape index (κ2) is 7.47. The number of hydrogen-bond acceptors (Lipinski definition) is 3. The molecule has 2 aromatic carbocycles. The molecule has 0 spiro atoms. The predicted octanol–water partition coefficient (Wildman–Crippen LogP) is 5.44. The summed E-state index contributed by atoms with van der Waals surface area (Å²) in [5.74, 6) is 2.23. The van der Waals surface area contributed by atoms with Gasteiger partial charge in [-0.2, -0.15) is 0 Å². The fourth-order valence-electron chi connectivity index (χ4n) is 3.49. The van der Waals surface area contributed by atoms with Crippen LogP contribution in [0.15, 0.2) is 30.3 Å². The highest BCUT2D eigenvalue weighted by Gasteiger charge is 2.25. The SMILES string of the molecule is COc1ccc2c(c1)NC(=O)C2=Cc1cc(C(C)C)c(OC)c(C(C)C)c1. The number of anilines is 1. The second-order valence-electron chi connectivity index (χ2n) is 7.47. The molecule has 0 unspecified atom stereocenters. The van der Waals surface area contributed by atoms with E-state index in [1.54, 1.807) is 14.2 Å². The Morgan fingerprint density at radius 1 is 0.926 bits per heavy atom. The van der Waals surface area contributed by atoms with Crippen LogP contribution in [0.3, 0.4) is 0 Å². The van der Waals surface area contributed by atoms with Gasteiger partial charge in [-0.05, 0) is 58.9 Å². The molecule has 0 saturated carbocycles. The van der Waals surface area contributed by atoms with Gasteiger partial charge in [0.2, 0.25) is 0 Å². The van der Waals surface area contributed by atoms with E-state index in [0.29, 0.717) is 17.4 Å². The van der Waals surface area contributed by atoms with Gasteiger partial charge >= 0.3 is 0 Å². The van der Waals surface area contributed by atoms with E-state index in [0.717, 1.165) is 39.4 Å². The van der Waals surface area contributed by atoms with Crippen molar-refractivity contribution in [2.24, 2.45) is 0 Å². The molecule has 0 aliphatic carbocycles. The molecule has 0 saturated heterocycles. The summed E-state index contributed by atoms with van der Waals surface area (Å²) >= 11 is 0. The summed E-state index contributed by atoms with van der Waals surface area (Å²) in [5.41, 5.74) is 5.67. The average Bonchev–Trinajstić information content (AvgIpc) is 2.95. The topological polar surface area (TPSA) is 47.6 Å². The van der Waals surface area contributed by atoms with E-state index >= 15 is 0 Å². The molecule has 0 radical (unpaired) electrons. The zero-order valence-electron chi connectivity index (χ0n) is 16.8. The maximum Gasteiger partial charge on any atom is 0.256 e. The van der Waals surface area contributed by atoms with Crippen molar-refractivity contribution in [2.75, 3.05) is 19.5 Å². The quantitative estimate of drug-likeness (QED) is 0.717. The van der Waals surface area contributed by atoms with Crippen LogP contribution in [-0.2, 0) is 4.79 Å². The molecule has 4 nitrogen and oxygen atoms in total. The Bertz CT molecular complexity index is 881. The van der Waals surface area contributed by atoms with Gasteiger partial charge in [0.05, 0.1) is 19.9 Å². The Labute approximate surface area is 161 Å². The molecule has 142 valence electrons. The summed E-state index contributed by atoms with van der Waals surface area (Å²) in [4.78, 5) is 12.6. The number of amides is 1. The van der Waals surface area contributed by atoms with Crippen LogP contribution in [-0.4, -0.2) is 20.1 Å². The van der Waals surface area contributed by atoms with E-state index in [1.165, 1.54) is 0 Å². The minimum absolute atomic E-state index is 0.0914. The number of ether oxygens (including phenoxy) is 2. The molecule has 0 atom stereocenters. The summed E-state index contributed by atoms with van der Waals surface area (Å²) in [5, 5.41) is 2.93. The zero-order chi connectivity index (χ0) is 19.7. The minimum Gasteiger partial charge on any atom is -0.497 e. The molecular weight excluding hydrogens is 338 g/mol. The van der Waals surface area contributed by atoms with Crippen molar-refractivity contribution in [1.82, 2.24) is 0 Å². The first-order valence-corrected chi connectivity index (χ1v) is 9.29. The smallest absolute Gasteiger partial charge is 0.256 e. The number of carbonyl (C=O) groups is 1. The summed E-state index contributed by atoms with van der Waals surface area (Å²) in [7, 11) is 3.34. The van der Waals surface area contributed by atoms with Gasteiger partial charge in [0.15, 0.2) is 0 Å². The molecular formula is C23H27NO3. The number of rotatable bonds is 5. The van der Waals surface area contributed by atoms with Crippen LogP contribution in [0.5, 0.6) is 11.5 Å². The van der Waals surface area contributed by atoms with E-state index in [1.807, 2.05) is 24.3 Å². The summed E-state index contributed by atoms with van der Waals surface area (Å²) in [6.07, 6.45) is 1.96. The third-order valence-corrected chi connectivity index (χ3v) is 4.94. The lowest BCUT2D eigenvalue weighted by Crippen LogP contribution is -2.04. The van der Waals surface area contributed by atoms with E-state index in [9.17, 15) is 4.79 Å². The fraction of sp³-hybridized carbons (Fsp3) is 0.348. The third kappa shape index (κ3) is 3.57. The fourth-order valence-corrected chi connectivity index (χ4v) is 3.49. The van der Waals surface area contributed by atoms with E-state index in [-0.39, 0.29) is 5.91 Å². The van der Waals surface area contributed by atoms with Crippen LogP contribution in [0, 0.1) is 0 Å². The van der Waals surface area contributed by atoms with Gasteiger partial charge in [-0.3, -0.25) is 4.79 Å². The van der Waals surface area contributed by atoms with Crippen molar-refractivity contribution in [3.63, 3.8) is 0 Å². The van der Waals surface area contributed by atoms with Crippen LogP contribution in [0.4, 0.5) is 5.69 Å². The van der Waals surface area contributed by atoms with Crippen molar-refractivity contribution in [2.45, 2.75) is 39.5 Å². The van der Waals surface area contributed by atoms with E-state index in [2.05, 4.69) is 45.1 Å². The van der Waals surface area contributed by atoms with Crippen molar-refractivity contribution >= 4 is 23.2 Å². The Balaban J connectivity index is 2.14.